The average Bonchev–Trinajstić information content (AvgIpc) is 2.21. The second-order valence-corrected chi connectivity index (χ2v) is 6.37. The third-order valence-corrected chi connectivity index (χ3v) is 4.39. The van der Waals surface area contributed by atoms with Crippen molar-refractivity contribution < 1.29 is 4.39 Å². The quantitative estimate of drug-likeness (QED) is 0.847. The van der Waals surface area contributed by atoms with Gasteiger partial charge in [-0.1, -0.05) is 27.7 Å². The molecule has 0 saturated heterocycles. The molecule has 0 aromatic heterocycles. The van der Waals surface area contributed by atoms with E-state index in [2.05, 4.69) is 20.9 Å². The van der Waals surface area contributed by atoms with Gasteiger partial charge >= 0.3 is 0 Å². The molecule has 0 amide bonds. The molecule has 6 heteroatoms. The molecule has 0 aliphatic carbocycles. The van der Waals surface area contributed by atoms with Crippen LogP contribution in [-0.2, 0) is 4.75 Å². The molecule has 0 fully saturated rings. The summed E-state index contributed by atoms with van der Waals surface area (Å²) in [4.78, 5) is 4.13. The Morgan fingerprint density at radius 2 is 2.24 bits per heavy atom. The molecule has 1 atom stereocenters. The van der Waals surface area contributed by atoms with Crippen LogP contribution in [-0.4, -0.2) is 11.7 Å². The number of aliphatic imine (C=N–C) groups is 1. The highest BCUT2D eigenvalue weighted by Crippen LogP contribution is 2.43. The Morgan fingerprint density at radius 1 is 1.53 bits per heavy atom. The van der Waals surface area contributed by atoms with Gasteiger partial charge in [-0.15, -0.1) is 12.4 Å². The van der Waals surface area contributed by atoms with Gasteiger partial charge in [0.15, 0.2) is 5.17 Å². The van der Waals surface area contributed by atoms with Crippen LogP contribution in [0.25, 0.3) is 0 Å². The van der Waals surface area contributed by atoms with E-state index in [4.69, 9.17) is 5.73 Å². The smallest absolute Gasteiger partial charge is 0.154 e. The van der Waals surface area contributed by atoms with Crippen LogP contribution in [0.5, 0.6) is 0 Å². The number of nitrogens with zero attached hydrogens (tertiary/aromatic N) is 1. The van der Waals surface area contributed by atoms with Gasteiger partial charge in [0.05, 0.1) is 4.75 Å². The van der Waals surface area contributed by atoms with Crippen LogP contribution in [0.3, 0.4) is 0 Å². The Kier molecular flexibility index (Phi) is 4.86. The van der Waals surface area contributed by atoms with Crippen molar-refractivity contribution in [3.8, 4) is 0 Å². The van der Waals surface area contributed by atoms with Gasteiger partial charge in [-0.2, -0.15) is 0 Å². The van der Waals surface area contributed by atoms with Crippen LogP contribution < -0.4 is 5.73 Å². The van der Waals surface area contributed by atoms with Gasteiger partial charge in [-0.3, -0.25) is 4.99 Å². The highest BCUT2D eigenvalue weighted by Gasteiger charge is 2.33. The maximum Gasteiger partial charge on any atom is 0.154 e. The van der Waals surface area contributed by atoms with Crippen molar-refractivity contribution in [3.05, 3.63) is 34.1 Å². The molecular formula is C11H13BrClFN2S. The Hall–Kier alpha value is -0.260. The zero-order valence-electron chi connectivity index (χ0n) is 9.24. The minimum absolute atomic E-state index is 0. The van der Waals surface area contributed by atoms with Crippen molar-refractivity contribution in [1.29, 1.82) is 0 Å². The van der Waals surface area contributed by atoms with Crippen molar-refractivity contribution in [1.82, 2.24) is 0 Å². The lowest BCUT2D eigenvalue weighted by molar-refractivity contribution is 0.551. The average molecular weight is 340 g/mol. The van der Waals surface area contributed by atoms with Crippen molar-refractivity contribution in [2.75, 3.05) is 6.54 Å². The van der Waals surface area contributed by atoms with E-state index in [1.165, 1.54) is 17.8 Å². The van der Waals surface area contributed by atoms with Gasteiger partial charge in [0.1, 0.15) is 5.82 Å². The summed E-state index contributed by atoms with van der Waals surface area (Å²) in [5.41, 5.74) is 6.40. The predicted molar refractivity (Wildman–Crippen MR) is 77.4 cm³/mol. The second kappa shape index (κ2) is 5.59. The Labute approximate surface area is 119 Å². The maximum atomic E-state index is 13.8. The summed E-state index contributed by atoms with van der Waals surface area (Å²) in [6, 6.07) is 5.00. The molecule has 1 aromatic carbocycles. The molecule has 1 heterocycles. The summed E-state index contributed by atoms with van der Waals surface area (Å²) >= 11 is 4.80. The van der Waals surface area contributed by atoms with Crippen molar-refractivity contribution >= 4 is 45.3 Å². The molecule has 0 saturated carbocycles. The van der Waals surface area contributed by atoms with E-state index < -0.39 is 0 Å². The third-order valence-electron chi connectivity index (χ3n) is 2.68. The van der Waals surface area contributed by atoms with Gasteiger partial charge in [0.2, 0.25) is 0 Å². The molecule has 17 heavy (non-hydrogen) atoms. The Bertz CT molecular complexity index is 455. The van der Waals surface area contributed by atoms with E-state index in [0.717, 1.165) is 10.9 Å². The van der Waals surface area contributed by atoms with Crippen LogP contribution in [0.2, 0.25) is 0 Å². The fraction of sp³-hybridized carbons (Fsp3) is 0.364. The van der Waals surface area contributed by atoms with E-state index in [0.29, 0.717) is 17.3 Å². The fourth-order valence-electron chi connectivity index (χ4n) is 1.79. The summed E-state index contributed by atoms with van der Waals surface area (Å²) in [6.07, 6.45) is 0.797. The number of benzene rings is 1. The number of nitrogens with two attached hydrogens (primary N) is 1. The third kappa shape index (κ3) is 3.14. The van der Waals surface area contributed by atoms with Gasteiger partial charge < -0.3 is 5.73 Å². The molecule has 0 unspecified atom stereocenters. The number of hydrogen-bond donors (Lipinski definition) is 1. The minimum Gasteiger partial charge on any atom is -0.379 e. The molecule has 0 spiro atoms. The number of rotatable bonds is 1. The molecule has 1 aliphatic heterocycles. The lowest BCUT2D eigenvalue weighted by atomic mass is 9.96. The maximum absolute atomic E-state index is 13.8. The number of amidine groups is 1. The first-order valence-corrected chi connectivity index (χ1v) is 6.57. The van der Waals surface area contributed by atoms with Crippen molar-refractivity contribution in [2.24, 2.45) is 10.7 Å². The Balaban J connectivity index is 0.00000144. The molecule has 2 N–H and O–H groups in total. The van der Waals surface area contributed by atoms with E-state index >= 15 is 0 Å². The molecule has 0 bridgehead atoms. The summed E-state index contributed by atoms with van der Waals surface area (Å²) < 4.78 is 14.4. The number of halogens is 3. The zero-order valence-corrected chi connectivity index (χ0v) is 12.5. The SMILES string of the molecule is C[C@@]1(c2cc(Br)ccc2F)CCN=C(N)S1.Cl. The number of thioether (sulfide) groups is 1. The van der Waals surface area contributed by atoms with Gasteiger partial charge in [0, 0.05) is 16.6 Å². The molecule has 1 aromatic rings. The van der Waals surface area contributed by atoms with Crippen molar-refractivity contribution in [2.45, 2.75) is 18.1 Å². The number of hydrogen-bond acceptors (Lipinski definition) is 3. The highest BCUT2D eigenvalue weighted by molar-refractivity contribution is 9.10. The minimum atomic E-state index is -0.320. The molecule has 2 rings (SSSR count). The molecule has 1 aliphatic rings. The first-order chi connectivity index (χ1) is 7.51. The zero-order chi connectivity index (χ0) is 11.8. The van der Waals surface area contributed by atoms with Crippen LogP contribution in [0.15, 0.2) is 27.7 Å². The molecule has 0 radical (unpaired) electrons. The molecule has 2 nitrogen and oxygen atoms in total. The lowest BCUT2D eigenvalue weighted by Crippen LogP contribution is -2.29. The standard InChI is InChI=1S/C11H12BrFN2S.ClH/c1-11(4-5-15-10(14)16-11)8-6-7(12)2-3-9(8)13;/h2-3,6H,4-5H2,1H3,(H2,14,15);1H/t11-;/m0./s1. The van der Waals surface area contributed by atoms with E-state index in [9.17, 15) is 4.39 Å². The van der Waals surface area contributed by atoms with E-state index in [-0.39, 0.29) is 23.0 Å². The van der Waals surface area contributed by atoms with Crippen LogP contribution in [0, 0.1) is 5.82 Å². The second-order valence-electron chi connectivity index (χ2n) is 3.93. The van der Waals surface area contributed by atoms with E-state index in [1.807, 2.05) is 13.0 Å². The monoisotopic (exact) mass is 338 g/mol. The first kappa shape index (κ1) is 14.8. The lowest BCUT2D eigenvalue weighted by Gasteiger charge is -2.31. The summed E-state index contributed by atoms with van der Waals surface area (Å²) in [5, 5.41) is 0.535. The largest absolute Gasteiger partial charge is 0.379 e. The van der Waals surface area contributed by atoms with E-state index in [1.54, 1.807) is 6.07 Å². The fourth-order valence-corrected chi connectivity index (χ4v) is 3.22. The van der Waals surface area contributed by atoms with Gasteiger partial charge in [-0.05, 0) is 31.5 Å². The summed E-state index contributed by atoms with van der Waals surface area (Å²) in [5.74, 6) is -0.187. The highest BCUT2D eigenvalue weighted by atomic mass is 79.9. The normalized spacial score (nSPS) is 23.8. The molecule has 94 valence electrons. The van der Waals surface area contributed by atoms with Crippen molar-refractivity contribution in [3.63, 3.8) is 0 Å². The predicted octanol–water partition coefficient (Wildman–Crippen LogP) is 3.68. The van der Waals surface area contributed by atoms with Crippen LogP contribution in [0.4, 0.5) is 4.39 Å². The van der Waals surface area contributed by atoms with Crippen LogP contribution in [0.1, 0.15) is 18.9 Å². The Morgan fingerprint density at radius 3 is 2.88 bits per heavy atom. The topological polar surface area (TPSA) is 38.4 Å². The van der Waals surface area contributed by atoms with Crippen LogP contribution >= 0.6 is 40.1 Å². The summed E-state index contributed by atoms with van der Waals surface area (Å²) in [7, 11) is 0. The van der Waals surface area contributed by atoms with Gasteiger partial charge in [-0.25, -0.2) is 4.39 Å². The summed E-state index contributed by atoms with van der Waals surface area (Å²) in [6.45, 7) is 2.66. The van der Waals surface area contributed by atoms with Gasteiger partial charge in [0.25, 0.3) is 0 Å². The molecular weight excluding hydrogens is 327 g/mol. The first-order valence-electron chi connectivity index (χ1n) is 4.96.